The molecule has 2 aliphatic rings. The van der Waals surface area contributed by atoms with Crippen molar-refractivity contribution in [3.8, 4) is 0 Å². The van der Waals surface area contributed by atoms with Gasteiger partial charge in [0.1, 0.15) is 5.75 Å². The summed E-state index contributed by atoms with van der Waals surface area (Å²) >= 11 is 0. The molecule has 2 saturated heterocycles. The maximum Gasteiger partial charge on any atom is 0.237 e. The minimum atomic E-state index is -3.21. The van der Waals surface area contributed by atoms with Crippen LogP contribution in [0.1, 0.15) is 32.6 Å². The highest BCUT2D eigenvalue weighted by Gasteiger charge is 2.38. The molecule has 20 heavy (non-hydrogen) atoms. The number of nitrogens with one attached hydrogen (secondary N) is 1. The predicted octanol–water partition coefficient (Wildman–Crippen LogP) is 0.835. The van der Waals surface area contributed by atoms with E-state index in [1.807, 2.05) is 6.92 Å². The third-order valence-electron chi connectivity index (χ3n) is 4.37. The fourth-order valence-electron chi connectivity index (χ4n) is 3.12. The molecule has 2 fully saturated rings. The number of carbonyl (C=O) groups excluding carboxylic acids is 1. The molecular formula is C13H25ClN2O3S. The van der Waals surface area contributed by atoms with Crippen LogP contribution in [-0.2, 0) is 14.6 Å². The fourth-order valence-corrected chi connectivity index (χ4v) is 4.44. The van der Waals surface area contributed by atoms with Gasteiger partial charge in [0.15, 0.2) is 9.84 Å². The van der Waals surface area contributed by atoms with Crippen LogP contribution in [0.4, 0.5) is 0 Å². The van der Waals surface area contributed by atoms with Gasteiger partial charge in [-0.15, -0.1) is 12.4 Å². The van der Waals surface area contributed by atoms with Crippen molar-refractivity contribution in [1.82, 2.24) is 10.2 Å². The molecule has 7 heteroatoms. The Kier molecular flexibility index (Phi) is 6.28. The van der Waals surface area contributed by atoms with Crippen LogP contribution >= 0.6 is 12.4 Å². The minimum absolute atomic E-state index is 0. The number of nitrogens with zero attached hydrogens (tertiary/aromatic N) is 1. The molecule has 2 aliphatic heterocycles. The topological polar surface area (TPSA) is 66.5 Å². The molecule has 1 amide bonds. The summed E-state index contributed by atoms with van der Waals surface area (Å²) in [5.41, 5.74) is 0.360. The van der Waals surface area contributed by atoms with Crippen molar-refractivity contribution in [2.75, 3.05) is 37.7 Å². The van der Waals surface area contributed by atoms with Crippen molar-refractivity contribution in [1.29, 1.82) is 0 Å². The van der Waals surface area contributed by atoms with Gasteiger partial charge in [0, 0.05) is 19.6 Å². The van der Waals surface area contributed by atoms with Crippen LogP contribution in [0, 0.1) is 5.41 Å². The first-order valence-corrected chi connectivity index (χ1v) is 8.97. The molecule has 2 heterocycles. The van der Waals surface area contributed by atoms with Gasteiger partial charge in [-0.3, -0.25) is 4.79 Å². The van der Waals surface area contributed by atoms with Crippen LogP contribution in [0.25, 0.3) is 0 Å². The zero-order chi connectivity index (χ0) is 13.9. The summed E-state index contributed by atoms with van der Waals surface area (Å²) in [6.07, 6.45) is 3.76. The number of halogens is 1. The van der Waals surface area contributed by atoms with Gasteiger partial charge in [-0.2, -0.15) is 0 Å². The summed E-state index contributed by atoms with van der Waals surface area (Å²) in [4.78, 5) is 13.8. The smallest absolute Gasteiger partial charge is 0.237 e. The molecule has 5 nitrogen and oxygen atoms in total. The summed E-state index contributed by atoms with van der Waals surface area (Å²) in [7, 11) is -3.21. The third kappa shape index (κ3) is 4.33. The van der Waals surface area contributed by atoms with E-state index in [0.717, 1.165) is 25.9 Å². The van der Waals surface area contributed by atoms with Crippen LogP contribution < -0.4 is 5.32 Å². The predicted molar refractivity (Wildman–Crippen MR) is 81.9 cm³/mol. The Hall–Kier alpha value is -0.330. The Morgan fingerprint density at radius 1 is 1.25 bits per heavy atom. The second kappa shape index (κ2) is 7.09. The first kappa shape index (κ1) is 17.7. The van der Waals surface area contributed by atoms with E-state index in [2.05, 4.69) is 5.32 Å². The number of rotatable bonds is 4. The molecule has 0 radical (unpaired) electrons. The molecule has 1 N–H and O–H groups in total. The van der Waals surface area contributed by atoms with E-state index in [4.69, 9.17) is 0 Å². The van der Waals surface area contributed by atoms with Crippen LogP contribution in [0.3, 0.4) is 0 Å². The summed E-state index contributed by atoms with van der Waals surface area (Å²) in [5, 5.41) is 3.38. The molecule has 118 valence electrons. The highest BCUT2D eigenvalue weighted by Crippen LogP contribution is 2.36. The zero-order valence-electron chi connectivity index (χ0n) is 12.1. The van der Waals surface area contributed by atoms with Crippen LogP contribution in [0.15, 0.2) is 0 Å². The van der Waals surface area contributed by atoms with E-state index >= 15 is 0 Å². The van der Waals surface area contributed by atoms with Gasteiger partial charge in [0.05, 0.1) is 5.75 Å². The Bertz CT molecular complexity index is 423. The van der Waals surface area contributed by atoms with Crippen LogP contribution in [0.5, 0.6) is 0 Å². The van der Waals surface area contributed by atoms with Crippen molar-refractivity contribution in [3.05, 3.63) is 0 Å². The van der Waals surface area contributed by atoms with Crippen LogP contribution in [0.2, 0.25) is 0 Å². The lowest BCUT2D eigenvalue weighted by Gasteiger charge is -2.38. The molecule has 0 unspecified atom stereocenters. The zero-order valence-corrected chi connectivity index (χ0v) is 13.7. The van der Waals surface area contributed by atoms with Gasteiger partial charge in [-0.1, -0.05) is 6.92 Å². The summed E-state index contributed by atoms with van der Waals surface area (Å²) in [6, 6.07) is 0. The largest absolute Gasteiger partial charge is 0.342 e. The molecule has 0 aromatic carbocycles. The van der Waals surface area contributed by atoms with Gasteiger partial charge in [-0.25, -0.2) is 8.42 Å². The molecule has 0 aromatic rings. The van der Waals surface area contributed by atoms with Crippen molar-refractivity contribution in [2.45, 2.75) is 32.6 Å². The molecule has 0 saturated carbocycles. The SMILES string of the molecule is CCCS(=O)(=O)CC(=O)N1CCC2(CCNC2)CC1.Cl. The lowest BCUT2D eigenvalue weighted by atomic mass is 9.78. The number of sulfone groups is 1. The summed E-state index contributed by atoms with van der Waals surface area (Å²) in [5.74, 6) is -0.416. The van der Waals surface area contributed by atoms with E-state index < -0.39 is 9.84 Å². The molecule has 0 aromatic heterocycles. The highest BCUT2D eigenvalue weighted by atomic mass is 35.5. The van der Waals surface area contributed by atoms with Crippen molar-refractivity contribution in [3.63, 3.8) is 0 Å². The van der Waals surface area contributed by atoms with Crippen molar-refractivity contribution >= 4 is 28.2 Å². The Morgan fingerprint density at radius 2 is 1.90 bits per heavy atom. The average molecular weight is 325 g/mol. The van der Waals surface area contributed by atoms with Crippen LogP contribution in [-0.4, -0.2) is 56.9 Å². The number of carbonyl (C=O) groups is 1. The molecule has 2 rings (SSSR count). The van der Waals surface area contributed by atoms with Gasteiger partial charge < -0.3 is 10.2 Å². The van der Waals surface area contributed by atoms with E-state index in [0.29, 0.717) is 24.9 Å². The second-order valence-electron chi connectivity index (χ2n) is 5.90. The number of hydrogen-bond donors (Lipinski definition) is 1. The van der Waals surface area contributed by atoms with E-state index in [1.54, 1.807) is 4.90 Å². The van der Waals surface area contributed by atoms with Gasteiger partial charge >= 0.3 is 0 Å². The first-order chi connectivity index (χ1) is 8.96. The number of amides is 1. The molecule has 0 aliphatic carbocycles. The average Bonchev–Trinajstić information content (AvgIpc) is 2.77. The fraction of sp³-hybridized carbons (Fsp3) is 0.923. The van der Waals surface area contributed by atoms with Gasteiger partial charge in [0.25, 0.3) is 0 Å². The highest BCUT2D eigenvalue weighted by molar-refractivity contribution is 7.92. The number of likely N-dealkylation sites (tertiary alicyclic amines) is 1. The van der Waals surface area contributed by atoms with E-state index in [1.165, 1.54) is 6.42 Å². The van der Waals surface area contributed by atoms with E-state index in [9.17, 15) is 13.2 Å². The number of hydrogen-bond acceptors (Lipinski definition) is 4. The summed E-state index contributed by atoms with van der Waals surface area (Å²) in [6.45, 7) is 5.35. The second-order valence-corrected chi connectivity index (χ2v) is 8.08. The van der Waals surface area contributed by atoms with Crippen molar-refractivity contribution in [2.24, 2.45) is 5.41 Å². The van der Waals surface area contributed by atoms with Crippen molar-refractivity contribution < 1.29 is 13.2 Å². The summed E-state index contributed by atoms with van der Waals surface area (Å²) < 4.78 is 23.4. The Labute approximate surface area is 127 Å². The lowest BCUT2D eigenvalue weighted by molar-refractivity contribution is -0.130. The Morgan fingerprint density at radius 3 is 2.40 bits per heavy atom. The van der Waals surface area contributed by atoms with Gasteiger partial charge in [0.2, 0.25) is 5.91 Å². The first-order valence-electron chi connectivity index (χ1n) is 7.15. The maximum absolute atomic E-state index is 12.0. The minimum Gasteiger partial charge on any atom is -0.342 e. The third-order valence-corrected chi connectivity index (χ3v) is 6.08. The lowest BCUT2D eigenvalue weighted by Crippen LogP contribution is -2.46. The monoisotopic (exact) mass is 324 g/mol. The normalized spacial score (nSPS) is 21.8. The molecule has 1 spiro atoms. The van der Waals surface area contributed by atoms with Gasteiger partial charge in [-0.05, 0) is 37.6 Å². The molecule has 0 atom stereocenters. The molecule has 0 bridgehead atoms. The molecular weight excluding hydrogens is 300 g/mol. The quantitative estimate of drug-likeness (QED) is 0.832. The number of piperidine rings is 1. The Balaban J connectivity index is 0.00000200. The maximum atomic E-state index is 12.0. The standard InChI is InChI=1S/C13H24N2O3S.ClH/c1-2-9-19(17,18)10-12(16)15-7-4-13(5-8-15)3-6-14-11-13;/h14H,2-11H2,1H3;1H. The van der Waals surface area contributed by atoms with E-state index in [-0.39, 0.29) is 29.8 Å².